The van der Waals surface area contributed by atoms with Crippen LogP contribution < -0.4 is 15.4 Å². The number of methoxy groups -OCH3 is 1. The third-order valence-electron chi connectivity index (χ3n) is 2.58. The smallest absolute Gasteiger partial charge is 0.322 e. The Hall–Kier alpha value is -1.96. The van der Waals surface area contributed by atoms with E-state index in [4.69, 9.17) is 4.74 Å². The molecule has 0 aromatic carbocycles. The topological polar surface area (TPSA) is 84.9 Å². The summed E-state index contributed by atoms with van der Waals surface area (Å²) in [4.78, 5) is 18.0. The van der Waals surface area contributed by atoms with Crippen LogP contribution in [0.4, 0.5) is 11.9 Å². The minimum atomic E-state index is 0.294. The van der Waals surface area contributed by atoms with Gasteiger partial charge in [0.25, 0.3) is 0 Å². The summed E-state index contributed by atoms with van der Waals surface area (Å²) < 4.78 is 5.08. The van der Waals surface area contributed by atoms with Gasteiger partial charge in [0, 0.05) is 11.4 Å². The number of rotatable bonds is 7. The summed E-state index contributed by atoms with van der Waals surface area (Å²) >= 11 is 1.61. The van der Waals surface area contributed by atoms with Crippen molar-refractivity contribution in [3.63, 3.8) is 0 Å². The molecule has 2 aromatic heterocycles. The summed E-state index contributed by atoms with van der Waals surface area (Å²) in [5.41, 5.74) is 2.85. The molecule has 0 unspecified atom stereocenters. The molecule has 108 valence electrons. The number of anilines is 2. The SMILES string of the molecule is CCCNc1nc(NCc2scnc2C)nc(OC)n1. The molecule has 0 amide bonds. The van der Waals surface area contributed by atoms with E-state index < -0.39 is 0 Å². The maximum Gasteiger partial charge on any atom is 0.322 e. The van der Waals surface area contributed by atoms with Crippen molar-refractivity contribution in [2.45, 2.75) is 26.8 Å². The quantitative estimate of drug-likeness (QED) is 0.808. The minimum Gasteiger partial charge on any atom is -0.467 e. The Morgan fingerprint density at radius 2 is 1.95 bits per heavy atom. The number of ether oxygens (including phenoxy) is 1. The molecule has 0 aliphatic carbocycles. The van der Waals surface area contributed by atoms with Gasteiger partial charge in [-0.15, -0.1) is 11.3 Å². The van der Waals surface area contributed by atoms with Gasteiger partial charge in [-0.3, -0.25) is 0 Å². The van der Waals surface area contributed by atoms with Crippen molar-refractivity contribution in [2.75, 3.05) is 24.3 Å². The first-order valence-electron chi connectivity index (χ1n) is 6.39. The molecule has 2 rings (SSSR count). The molecule has 2 aromatic rings. The molecule has 0 aliphatic heterocycles. The lowest BCUT2D eigenvalue weighted by Crippen LogP contribution is -2.10. The fourth-order valence-electron chi connectivity index (χ4n) is 1.50. The first kappa shape index (κ1) is 14.4. The molecule has 8 heteroatoms. The van der Waals surface area contributed by atoms with Gasteiger partial charge in [-0.05, 0) is 13.3 Å². The van der Waals surface area contributed by atoms with Crippen molar-refractivity contribution in [1.82, 2.24) is 19.9 Å². The Labute approximate surface area is 121 Å². The Morgan fingerprint density at radius 3 is 2.55 bits per heavy atom. The van der Waals surface area contributed by atoms with Gasteiger partial charge < -0.3 is 15.4 Å². The van der Waals surface area contributed by atoms with E-state index >= 15 is 0 Å². The predicted molar refractivity (Wildman–Crippen MR) is 79.3 cm³/mol. The van der Waals surface area contributed by atoms with Crippen molar-refractivity contribution in [1.29, 1.82) is 0 Å². The molecule has 0 saturated heterocycles. The molecule has 7 nitrogen and oxygen atoms in total. The summed E-state index contributed by atoms with van der Waals surface area (Å²) in [6, 6.07) is 0.294. The highest BCUT2D eigenvalue weighted by atomic mass is 32.1. The second-order valence-corrected chi connectivity index (χ2v) is 5.05. The van der Waals surface area contributed by atoms with Crippen molar-refractivity contribution in [2.24, 2.45) is 0 Å². The van der Waals surface area contributed by atoms with E-state index in [9.17, 15) is 0 Å². The zero-order valence-corrected chi connectivity index (χ0v) is 12.6. The van der Waals surface area contributed by atoms with Crippen LogP contribution >= 0.6 is 11.3 Å². The molecular formula is C12H18N6OS. The lowest BCUT2D eigenvalue weighted by molar-refractivity contribution is 0.379. The summed E-state index contributed by atoms with van der Waals surface area (Å²) in [6.45, 7) is 5.50. The first-order valence-corrected chi connectivity index (χ1v) is 7.27. The van der Waals surface area contributed by atoms with Crippen LogP contribution in [0.25, 0.3) is 0 Å². The molecular weight excluding hydrogens is 276 g/mol. The molecule has 0 radical (unpaired) electrons. The van der Waals surface area contributed by atoms with E-state index in [2.05, 4.69) is 37.5 Å². The van der Waals surface area contributed by atoms with E-state index in [1.54, 1.807) is 11.3 Å². The maximum absolute atomic E-state index is 5.08. The minimum absolute atomic E-state index is 0.294. The molecule has 0 aliphatic rings. The van der Waals surface area contributed by atoms with Crippen molar-refractivity contribution in [3.05, 3.63) is 16.1 Å². The largest absolute Gasteiger partial charge is 0.467 e. The lowest BCUT2D eigenvalue weighted by Gasteiger charge is -2.08. The van der Waals surface area contributed by atoms with E-state index in [0.717, 1.165) is 23.5 Å². The molecule has 2 heterocycles. The third kappa shape index (κ3) is 3.77. The Balaban J connectivity index is 2.07. The van der Waals surface area contributed by atoms with Crippen molar-refractivity contribution in [3.8, 4) is 6.01 Å². The van der Waals surface area contributed by atoms with Gasteiger partial charge in [0.15, 0.2) is 0 Å². The third-order valence-corrected chi connectivity index (χ3v) is 3.52. The van der Waals surface area contributed by atoms with Gasteiger partial charge >= 0.3 is 6.01 Å². The number of aryl methyl sites for hydroxylation is 1. The van der Waals surface area contributed by atoms with Gasteiger partial charge in [-0.2, -0.15) is 15.0 Å². The first-order chi connectivity index (χ1) is 9.72. The van der Waals surface area contributed by atoms with Crippen LogP contribution in [0, 0.1) is 6.92 Å². The fourth-order valence-corrected chi connectivity index (χ4v) is 2.21. The van der Waals surface area contributed by atoms with E-state index in [1.807, 2.05) is 12.4 Å². The van der Waals surface area contributed by atoms with Gasteiger partial charge in [0.1, 0.15) is 0 Å². The average molecular weight is 294 g/mol. The van der Waals surface area contributed by atoms with Crippen LogP contribution in [-0.4, -0.2) is 33.6 Å². The monoisotopic (exact) mass is 294 g/mol. The highest BCUT2D eigenvalue weighted by Gasteiger charge is 2.07. The van der Waals surface area contributed by atoms with Gasteiger partial charge in [0.2, 0.25) is 11.9 Å². The zero-order valence-electron chi connectivity index (χ0n) is 11.8. The van der Waals surface area contributed by atoms with Crippen LogP contribution in [0.15, 0.2) is 5.51 Å². The lowest BCUT2D eigenvalue weighted by atomic mass is 10.4. The second-order valence-electron chi connectivity index (χ2n) is 4.11. The molecule has 0 atom stereocenters. The Morgan fingerprint density at radius 1 is 1.20 bits per heavy atom. The number of hydrogen-bond acceptors (Lipinski definition) is 8. The van der Waals surface area contributed by atoms with Crippen LogP contribution in [0.5, 0.6) is 6.01 Å². The molecule has 0 spiro atoms. The van der Waals surface area contributed by atoms with E-state index in [1.165, 1.54) is 7.11 Å². The van der Waals surface area contributed by atoms with E-state index in [-0.39, 0.29) is 0 Å². The summed E-state index contributed by atoms with van der Waals surface area (Å²) in [5, 5.41) is 6.29. The highest BCUT2D eigenvalue weighted by Crippen LogP contribution is 2.15. The zero-order chi connectivity index (χ0) is 14.4. The number of aromatic nitrogens is 4. The van der Waals surface area contributed by atoms with E-state index in [0.29, 0.717) is 24.5 Å². The second kappa shape index (κ2) is 6.99. The number of nitrogens with zero attached hydrogens (tertiary/aromatic N) is 4. The molecule has 2 N–H and O–H groups in total. The number of thiazole rings is 1. The van der Waals surface area contributed by atoms with Crippen LogP contribution in [0.1, 0.15) is 23.9 Å². The summed E-state index contributed by atoms with van der Waals surface area (Å²) in [5.74, 6) is 1.01. The van der Waals surface area contributed by atoms with Gasteiger partial charge in [0.05, 0.1) is 24.9 Å². The average Bonchev–Trinajstić information content (AvgIpc) is 2.88. The van der Waals surface area contributed by atoms with Crippen LogP contribution in [0.3, 0.4) is 0 Å². The number of nitrogens with one attached hydrogen (secondary N) is 2. The normalized spacial score (nSPS) is 10.3. The standard InChI is InChI=1S/C12H18N6OS/c1-4-5-13-10-16-11(18-12(17-10)19-3)14-6-9-8(2)15-7-20-9/h7H,4-6H2,1-3H3,(H2,13,14,16,17,18). The molecule has 0 bridgehead atoms. The van der Waals surface area contributed by atoms with Gasteiger partial charge in [-0.25, -0.2) is 4.98 Å². The summed E-state index contributed by atoms with van der Waals surface area (Å²) in [6.07, 6.45) is 0.997. The van der Waals surface area contributed by atoms with Crippen LogP contribution in [-0.2, 0) is 6.54 Å². The Kier molecular flexibility index (Phi) is 5.05. The van der Waals surface area contributed by atoms with Crippen molar-refractivity contribution < 1.29 is 4.74 Å². The molecule has 0 saturated carbocycles. The van der Waals surface area contributed by atoms with Crippen LogP contribution in [0.2, 0.25) is 0 Å². The Bertz CT molecular complexity index is 559. The summed E-state index contributed by atoms with van der Waals surface area (Å²) in [7, 11) is 1.54. The predicted octanol–water partition coefficient (Wildman–Crippen LogP) is 2.08. The maximum atomic E-state index is 5.08. The van der Waals surface area contributed by atoms with Crippen molar-refractivity contribution >= 4 is 23.2 Å². The molecule has 0 fully saturated rings. The number of hydrogen-bond donors (Lipinski definition) is 2. The molecule has 20 heavy (non-hydrogen) atoms. The fraction of sp³-hybridized carbons (Fsp3) is 0.500. The van der Waals surface area contributed by atoms with Gasteiger partial charge in [-0.1, -0.05) is 6.92 Å². The highest BCUT2D eigenvalue weighted by molar-refractivity contribution is 7.09.